The molecule has 44 heavy (non-hydrogen) atoms. The van der Waals surface area contributed by atoms with Gasteiger partial charge in [-0.15, -0.1) is 20.4 Å². The van der Waals surface area contributed by atoms with Gasteiger partial charge in [0.25, 0.3) is 0 Å². The highest BCUT2D eigenvalue weighted by Gasteiger charge is 2.11. The second-order valence-corrected chi connectivity index (χ2v) is 9.75. The molecule has 0 saturated carbocycles. The average molecular weight is 589 g/mol. The highest BCUT2D eigenvalue weighted by Crippen LogP contribution is 2.16. The van der Waals surface area contributed by atoms with Crippen LogP contribution in [-0.2, 0) is 22.7 Å². The topological polar surface area (TPSA) is 162 Å². The number of carbonyl (C=O) groups is 2. The van der Waals surface area contributed by atoms with Crippen LogP contribution in [0.15, 0.2) is 97.1 Å². The van der Waals surface area contributed by atoms with Crippen molar-refractivity contribution in [1.29, 1.82) is 0 Å². The summed E-state index contributed by atoms with van der Waals surface area (Å²) in [6, 6.07) is 29.5. The van der Waals surface area contributed by atoms with Crippen molar-refractivity contribution in [2.45, 2.75) is 27.1 Å². The Morgan fingerprint density at radius 2 is 1.09 bits per heavy atom. The van der Waals surface area contributed by atoms with Crippen LogP contribution >= 0.6 is 0 Å². The first-order chi connectivity index (χ1) is 21.4. The maximum Gasteiger partial charge on any atom is 0.338 e. The first-order valence-electron chi connectivity index (χ1n) is 13.6. The molecule has 0 fully saturated rings. The molecule has 0 aliphatic rings. The molecule has 2 N–H and O–H groups in total. The van der Waals surface area contributed by atoms with Crippen LogP contribution in [0.4, 0.5) is 0 Å². The van der Waals surface area contributed by atoms with Gasteiger partial charge in [0.1, 0.15) is 13.2 Å². The van der Waals surface area contributed by atoms with E-state index in [2.05, 4.69) is 41.2 Å². The maximum atomic E-state index is 12.0. The lowest BCUT2D eigenvalue weighted by Gasteiger charge is -2.06. The minimum absolute atomic E-state index is 0.256. The smallest absolute Gasteiger partial charge is 0.338 e. The van der Waals surface area contributed by atoms with Crippen LogP contribution in [0.2, 0.25) is 0 Å². The Bertz CT molecular complexity index is 1790. The maximum absolute atomic E-state index is 12.0. The molecule has 0 radical (unpaired) electrons. The van der Waals surface area contributed by atoms with Gasteiger partial charge in [-0.2, -0.15) is 10.4 Å². The molecule has 2 aromatic heterocycles. The van der Waals surface area contributed by atoms with E-state index >= 15 is 0 Å². The number of carbonyl (C=O) groups excluding carboxylic acids is 2. The third kappa shape index (κ3) is 8.03. The van der Waals surface area contributed by atoms with Gasteiger partial charge in [0.15, 0.2) is 0 Å². The van der Waals surface area contributed by atoms with E-state index in [-0.39, 0.29) is 25.2 Å². The number of benzene rings is 4. The van der Waals surface area contributed by atoms with E-state index < -0.39 is 0 Å². The summed E-state index contributed by atoms with van der Waals surface area (Å²) in [5.74, 6) is 0.251. The summed E-state index contributed by atoms with van der Waals surface area (Å²) in [5.41, 5.74) is 6.77. The quantitative estimate of drug-likeness (QED) is 0.230. The van der Waals surface area contributed by atoms with Crippen molar-refractivity contribution in [2.75, 3.05) is 0 Å². The molecule has 6 aromatic rings. The Morgan fingerprint density at radius 1 is 0.591 bits per heavy atom. The molecule has 0 amide bonds. The molecule has 4 aromatic carbocycles. The van der Waals surface area contributed by atoms with Crippen LogP contribution < -0.4 is 0 Å². The van der Waals surface area contributed by atoms with Crippen molar-refractivity contribution in [3.63, 3.8) is 0 Å². The summed E-state index contributed by atoms with van der Waals surface area (Å²) in [5, 5.41) is 27.3. The molecular formula is C32H28N8O4. The summed E-state index contributed by atoms with van der Waals surface area (Å²) >= 11 is 0. The molecule has 0 spiro atoms. The molecular weight excluding hydrogens is 560 g/mol. The monoisotopic (exact) mass is 588 g/mol. The highest BCUT2D eigenvalue weighted by molar-refractivity contribution is 5.90. The summed E-state index contributed by atoms with van der Waals surface area (Å²) in [6.07, 6.45) is 0. The van der Waals surface area contributed by atoms with Crippen molar-refractivity contribution in [3.05, 3.63) is 130 Å². The number of ether oxygens (including phenoxy) is 2. The molecule has 0 aliphatic heterocycles. The lowest BCUT2D eigenvalue weighted by molar-refractivity contribution is 0.0464. The van der Waals surface area contributed by atoms with Gasteiger partial charge in [-0.25, -0.2) is 9.59 Å². The van der Waals surface area contributed by atoms with Gasteiger partial charge < -0.3 is 9.47 Å². The Hall–Kier alpha value is -6.04. The largest absolute Gasteiger partial charge is 0.457 e. The van der Waals surface area contributed by atoms with E-state index in [0.29, 0.717) is 22.8 Å². The number of H-pyrrole nitrogens is 2. The number of esters is 2. The van der Waals surface area contributed by atoms with Crippen molar-refractivity contribution in [1.82, 2.24) is 41.2 Å². The van der Waals surface area contributed by atoms with Crippen LogP contribution in [0.1, 0.15) is 43.0 Å². The number of hydrogen-bond donors (Lipinski definition) is 2. The third-order valence-electron chi connectivity index (χ3n) is 6.39. The molecule has 0 unspecified atom stereocenters. The summed E-state index contributed by atoms with van der Waals surface area (Å²) < 4.78 is 10.6. The fourth-order valence-corrected chi connectivity index (χ4v) is 4.03. The zero-order valence-electron chi connectivity index (χ0n) is 24.0. The fourth-order valence-electron chi connectivity index (χ4n) is 4.03. The predicted octanol–water partition coefficient (Wildman–Crippen LogP) is 5.06. The first-order valence-corrected chi connectivity index (χ1v) is 13.6. The van der Waals surface area contributed by atoms with Crippen LogP contribution in [0, 0.1) is 13.8 Å². The van der Waals surface area contributed by atoms with Crippen LogP contribution in [0.5, 0.6) is 0 Å². The van der Waals surface area contributed by atoms with Gasteiger partial charge in [-0.1, -0.05) is 83.9 Å². The van der Waals surface area contributed by atoms with E-state index in [1.54, 1.807) is 48.5 Å². The molecule has 0 aliphatic carbocycles. The molecule has 2 heterocycles. The van der Waals surface area contributed by atoms with Gasteiger partial charge in [-0.05, 0) is 59.7 Å². The van der Waals surface area contributed by atoms with Gasteiger partial charge in [-0.3, -0.25) is 0 Å². The summed E-state index contributed by atoms with van der Waals surface area (Å²) in [7, 11) is 0. The van der Waals surface area contributed by atoms with Crippen LogP contribution in [0.25, 0.3) is 22.8 Å². The molecule has 0 bridgehead atoms. The standard InChI is InChI=1S/2C16H14N4O2/c1-11-2-4-12(5-3-11)10-22-16(21)14-8-6-13(7-9-14)15-17-19-20-18-15;1-11-3-2-4-12(9-11)10-22-16(21)14-7-5-13(6-8-14)15-17-19-20-18-15/h2*2-9H,10H2,1H3,(H,17,18,19,20). The Labute approximate surface area is 252 Å². The number of tetrazole rings is 2. The van der Waals surface area contributed by atoms with E-state index in [0.717, 1.165) is 27.8 Å². The number of hydrogen-bond acceptors (Lipinski definition) is 10. The first kappa shape index (κ1) is 29.5. The minimum atomic E-state index is -0.361. The molecule has 6 rings (SSSR count). The number of aromatic amines is 2. The highest BCUT2D eigenvalue weighted by atomic mass is 16.5. The SMILES string of the molecule is Cc1ccc(COC(=O)c2ccc(-c3nn[nH]n3)cc2)cc1.Cc1cccc(COC(=O)c2ccc(-c3nn[nH]n3)cc2)c1. The number of nitrogens with one attached hydrogen (secondary N) is 2. The van der Waals surface area contributed by atoms with Crippen molar-refractivity contribution in [2.24, 2.45) is 0 Å². The van der Waals surface area contributed by atoms with Gasteiger partial charge in [0.05, 0.1) is 11.1 Å². The second kappa shape index (κ2) is 14.2. The lowest BCUT2D eigenvalue weighted by atomic mass is 10.1. The lowest BCUT2D eigenvalue weighted by Crippen LogP contribution is -2.05. The van der Waals surface area contributed by atoms with Gasteiger partial charge >= 0.3 is 11.9 Å². The number of nitrogens with zero attached hydrogens (tertiary/aromatic N) is 6. The van der Waals surface area contributed by atoms with Gasteiger partial charge in [0, 0.05) is 11.1 Å². The molecule has 220 valence electrons. The van der Waals surface area contributed by atoms with Crippen molar-refractivity contribution >= 4 is 11.9 Å². The van der Waals surface area contributed by atoms with E-state index in [9.17, 15) is 9.59 Å². The summed E-state index contributed by atoms with van der Waals surface area (Å²) in [4.78, 5) is 24.0. The normalized spacial score (nSPS) is 10.4. The van der Waals surface area contributed by atoms with Gasteiger partial charge in [0.2, 0.25) is 11.6 Å². The molecule has 0 atom stereocenters. The fraction of sp³-hybridized carbons (Fsp3) is 0.125. The minimum Gasteiger partial charge on any atom is -0.457 e. The van der Waals surface area contributed by atoms with Crippen molar-refractivity contribution in [3.8, 4) is 22.8 Å². The van der Waals surface area contributed by atoms with E-state index in [4.69, 9.17) is 9.47 Å². The third-order valence-corrected chi connectivity index (χ3v) is 6.39. The van der Waals surface area contributed by atoms with Crippen LogP contribution in [-0.4, -0.2) is 53.2 Å². The Balaban J connectivity index is 0.000000175. The predicted molar refractivity (Wildman–Crippen MR) is 160 cm³/mol. The number of aryl methyl sites for hydroxylation is 2. The second-order valence-electron chi connectivity index (χ2n) is 9.75. The van der Waals surface area contributed by atoms with E-state index in [1.165, 1.54) is 5.56 Å². The summed E-state index contributed by atoms with van der Waals surface area (Å²) in [6.45, 7) is 4.53. The molecule has 12 nitrogen and oxygen atoms in total. The molecule has 12 heteroatoms. The zero-order valence-corrected chi connectivity index (χ0v) is 24.0. The van der Waals surface area contributed by atoms with Crippen LogP contribution in [0.3, 0.4) is 0 Å². The zero-order chi connectivity index (χ0) is 30.7. The number of rotatable bonds is 8. The van der Waals surface area contributed by atoms with Crippen molar-refractivity contribution < 1.29 is 19.1 Å². The Morgan fingerprint density at radius 3 is 1.55 bits per heavy atom. The van der Waals surface area contributed by atoms with E-state index in [1.807, 2.05) is 62.4 Å². The Kier molecular flexibility index (Phi) is 9.52. The molecule has 0 saturated heterocycles. The average Bonchev–Trinajstić information content (AvgIpc) is 3.80. The number of aromatic nitrogens is 8.